The number of para-hydroxylation sites is 1. The van der Waals surface area contributed by atoms with E-state index in [0.29, 0.717) is 10.9 Å². The van der Waals surface area contributed by atoms with E-state index in [1.54, 1.807) is 29.2 Å². The molecule has 1 aromatic heterocycles. The molecular formula is C23H23N5O6S. The minimum absolute atomic E-state index is 0.00108. The highest BCUT2D eigenvalue weighted by molar-refractivity contribution is 7.89. The van der Waals surface area contributed by atoms with E-state index in [9.17, 15) is 27.6 Å². The summed E-state index contributed by atoms with van der Waals surface area (Å²) < 4.78 is 27.3. The van der Waals surface area contributed by atoms with Gasteiger partial charge in [0.05, 0.1) is 4.90 Å². The number of nitrogens with zero attached hydrogens (tertiary/aromatic N) is 2. The van der Waals surface area contributed by atoms with E-state index in [1.165, 1.54) is 41.7 Å². The minimum atomic E-state index is -3.89. The summed E-state index contributed by atoms with van der Waals surface area (Å²) in [5.74, 6) is -1.69. The van der Waals surface area contributed by atoms with Gasteiger partial charge in [-0.25, -0.2) is 8.42 Å². The van der Waals surface area contributed by atoms with Crippen LogP contribution in [0.1, 0.15) is 27.6 Å². The van der Waals surface area contributed by atoms with Gasteiger partial charge in [0.25, 0.3) is 11.8 Å². The number of benzene rings is 2. The number of hydrogen-bond acceptors (Lipinski definition) is 6. The van der Waals surface area contributed by atoms with Crippen LogP contribution in [0.25, 0.3) is 10.9 Å². The fourth-order valence-corrected chi connectivity index (χ4v) is 5.25. The van der Waals surface area contributed by atoms with Crippen LogP contribution in [0.15, 0.2) is 64.4 Å². The Kier molecular flexibility index (Phi) is 6.67. The number of nitrogens with one attached hydrogen (secondary N) is 3. The van der Waals surface area contributed by atoms with Crippen LogP contribution in [-0.2, 0) is 14.8 Å². The number of rotatable bonds is 4. The molecule has 0 aliphatic carbocycles. The van der Waals surface area contributed by atoms with Crippen LogP contribution in [0.4, 0.5) is 0 Å². The molecule has 1 saturated heterocycles. The molecule has 3 N–H and O–H groups in total. The maximum absolute atomic E-state index is 13.0. The Balaban J connectivity index is 1.45. The van der Waals surface area contributed by atoms with Gasteiger partial charge in [-0.1, -0.05) is 18.2 Å². The molecule has 0 spiro atoms. The normalized spacial score (nSPS) is 14.5. The molecule has 2 aromatic carbocycles. The van der Waals surface area contributed by atoms with Crippen LogP contribution in [0, 0.1) is 0 Å². The summed E-state index contributed by atoms with van der Waals surface area (Å²) in [6, 6.07) is 12.1. The summed E-state index contributed by atoms with van der Waals surface area (Å²) in [6.07, 6.45) is 1.26. The van der Waals surface area contributed by atoms with Crippen LogP contribution in [-0.4, -0.2) is 66.5 Å². The highest BCUT2D eigenvalue weighted by Crippen LogP contribution is 2.19. The third kappa shape index (κ3) is 4.93. The standard InChI is InChI=1S/C23H23N5O6S/c1-15(29)27-9-11-28(12-10-27)35(33,34)17-6-4-5-16(13-17)22(31)25-26-23(32)19-14-24-20-8-3-2-7-18(20)21(19)30/h2-8,13-14H,9-12H2,1H3,(H,24,30)(H,25,31)(H,26,32). The number of aromatic nitrogens is 1. The molecule has 0 atom stereocenters. The number of amides is 3. The first kappa shape index (κ1) is 24.1. The third-order valence-electron chi connectivity index (χ3n) is 5.74. The monoisotopic (exact) mass is 497 g/mol. The number of hydrazine groups is 1. The average molecular weight is 498 g/mol. The second kappa shape index (κ2) is 9.68. The largest absolute Gasteiger partial charge is 0.360 e. The lowest BCUT2D eigenvalue weighted by Crippen LogP contribution is -2.49. The van der Waals surface area contributed by atoms with Crippen molar-refractivity contribution >= 4 is 38.6 Å². The van der Waals surface area contributed by atoms with Crippen LogP contribution in [0.5, 0.6) is 0 Å². The van der Waals surface area contributed by atoms with E-state index in [4.69, 9.17) is 0 Å². The zero-order chi connectivity index (χ0) is 25.2. The average Bonchev–Trinajstić information content (AvgIpc) is 2.87. The third-order valence-corrected chi connectivity index (χ3v) is 7.64. The Hall–Kier alpha value is -4.03. The Bertz CT molecular complexity index is 1480. The summed E-state index contributed by atoms with van der Waals surface area (Å²) in [7, 11) is -3.89. The van der Waals surface area contributed by atoms with Crippen molar-refractivity contribution in [2.24, 2.45) is 0 Å². The molecule has 35 heavy (non-hydrogen) atoms. The predicted octanol–water partition coefficient (Wildman–Crippen LogP) is 0.456. The zero-order valence-electron chi connectivity index (χ0n) is 18.8. The van der Waals surface area contributed by atoms with Crippen molar-refractivity contribution in [2.45, 2.75) is 11.8 Å². The summed E-state index contributed by atoms with van der Waals surface area (Å²) in [4.78, 5) is 53.5. The maximum atomic E-state index is 13.0. The molecule has 12 heteroatoms. The molecular weight excluding hydrogens is 474 g/mol. The molecule has 0 unspecified atom stereocenters. The lowest BCUT2D eigenvalue weighted by atomic mass is 10.1. The lowest BCUT2D eigenvalue weighted by Gasteiger charge is -2.33. The van der Waals surface area contributed by atoms with E-state index in [2.05, 4.69) is 15.8 Å². The van der Waals surface area contributed by atoms with Crippen LogP contribution in [0.2, 0.25) is 0 Å². The summed E-state index contributed by atoms with van der Waals surface area (Å²) in [5, 5.41) is 0.327. The second-order valence-electron chi connectivity index (χ2n) is 7.92. The number of H-pyrrole nitrogens is 1. The highest BCUT2D eigenvalue weighted by Gasteiger charge is 2.29. The molecule has 3 aromatic rings. The first-order chi connectivity index (χ1) is 16.7. The van der Waals surface area contributed by atoms with Gasteiger partial charge in [0.2, 0.25) is 21.4 Å². The van der Waals surface area contributed by atoms with Gasteiger partial charge in [-0.2, -0.15) is 4.31 Å². The van der Waals surface area contributed by atoms with Gasteiger partial charge in [-0.15, -0.1) is 0 Å². The van der Waals surface area contributed by atoms with Crippen molar-refractivity contribution in [1.82, 2.24) is 25.0 Å². The Labute approximate surface area is 200 Å². The molecule has 0 bridgehead atoms. The molecule has 3 amide bonds. The predicted molar refractivity (Wildman–Crippen MR) is 127 cm³/mol. The lowest BCUT2D eigenvalue weighted by molar-refractivity contribution is -0.129. The van der Waals surface area contributed by atoms with E-state index in [-0.39, 0.29) is 48.1 Å². The first-order valence-corrected chi connectivity index (χ1v) is 12.2. The van der Waals surface area contributed by atoms with Crippen molar-refractivity contribution in [3.05, 3.63) is 76.1 Å². The van der Waals surface area contributed by atoms with Crippen LogP contribution >= 0.6 is 0 Å². The minimum Gasteiger partial charge on any atom is -0.360 e. The van der Waals surface area contributed by atoms with Gasteiger partial charge < -0.3 is 9.88 Å². The van der Waals surface area contributed by atoms with E-state index in [1.807, 2.05) is 0 Å². The molecule has 182 valence electrons. The fourth-order valence-electron chi connectivity index (χ4n) is 3.78. The molecule has 4 rings (SSSR count). The van der Waals surface area contributed by atoms with Gasteiger partial charge in [0.1, 0.15) is 5.56 Å². The van der Waals surface area contributed by atoms with Crippen LogP contribution < -0.4 is 16.3 Å². The molecule has 2 heterocycles. The van der Waals surface area contributed by atoms with Gasteiger partial charge in [0, 0.05) is 55.8 Å². The van der Waals surface area contributed by atoms with Gasteiger partial charge in [-0.3, -0.25) is 30.0 Å². The van der Waals surface area contributed by atoms with Gasteiger partial charge in [0.15, 0.2) is 0 Å². The Morgan fingerprint density at radius 2 is 1.60 bits per heavy atom. The Morgan fingerprint density at radius 1 is 0.914 bits per heavy atom. The number of pyridine rings is 1. The molecule has 0 radical (unpaired) electrons. The molecule has 1 aliphatic heterocycles. The highest BCUT2D eigenvalue weighted by atomic mass is 32.2. The van der Waals surface area contributed by atoms with E-state index < -0.39 is 27.3 Å². The molecule has 0 saturated carbocycles. The number of fused-ring (bicyclic) bond motifs is 1. The number of sulfonamides is 1. The first-order valence-electron chi connectivity index (χ1n) is 10.8. The number of hydrogen-bond donors (Lipinski definition) is 3. The Morgan fingerprint density at radius 3 is 2.31 bits per heavy atom. The number of piperazine rings is 1. The molecule has 11 nitrogen and oxygen atoms in total. The summed E-state index contributed by atoms with van der Waals surface area (Å²) in [6.45, 7) is 2.30. The number of carbonyl (C=O) groups is 3. The van der Waals surface area contributed by atoms with Crippen molar-refractivity contribution in [3.8, 4) is 0 Å². The topological polar surface area (TPSA) is 149 Å². The van der Waals surface area contributed by atoms with Crippen molar-refractivity contribution in [2.75, 3.05) is 26.2 Å². The van der Waals surface area contributed by atoms with Crippen molar-refractivity contribution in [1.29, 1.82) is 0 Å². The molecule has 1 aliphatic rings. The van der Waals surface area contributed by atoms with Gasteiger partial charge >= 0.3 is 0 Å². The quantitative estimate of drug-likeness (QED) is 0.446. The summed E-state index contributed by atoms with van der Waals surface area (Å²) >= 11 is 0. The van der Waals surface area contributed by atoms with Gasteiger partial charge in [-0.05, 0) is 30.3 Å². The second-order valence-corrected chi connectivity index (χ2v) is 9.86. The number of aromatic amines is 1. The smallest absolute Gasteiger partial charge is 0.275 e. The van der Waals surface area contributed by atoms with Crippen molar-refractivity contribution < 1.29 is 22.8 Å². The molecule has 1 fully saturated rings. The van der Waals surface area contributed by atoms with Crippen LogP contribution in [0.3, 0.4) is 0 Å². The SMILES string of the molecule is CC(=O)N1CCN(S(=O)(=O)c2cccc(C(=O)NNC(=O)c3c[nH]c4ccccc4c3=O)c2)CC1. The fraction of sp³-hybridized carbons (Fsp3) is 0.217. The summed E-state index contributed by atoms with van der Waals surface area (Å²) in [5.41, 5.74) is 4.27. The van der Waals surface area contributed by atoms with Crippen molar-refractivity contribution in [3.63, 3.8) is 0 Å². The number of carbonyl (C=O) groups excluding carboxylic acids is 3. The maximum Gasteiger partial charge on any atom is 0.275 e. The van der Waals surface area contributed by atoms with E-state index in [0.717, 1.165) is 0 Å². The zero-order valence-corrected chi connectivity index (χ0v) is 19.6. The van der Waals surface area contributed by atoms with E-state index >= 15 is 0 Å².